The smallest absolute Gasteiger partial charge is 0.238 e. The van der Waals surface area contributed by atoms with Crippen molar-refractivity contribution in [2.24, 2.45) is 23.7 Å². The standard InChI is InChI=1S/C45H37NO6/c1-3-11-29-14-10-17-34(41(29)49)40-32-22-23-33-39(44(52)46(43(33)51)31-20-18-27(19-21-31)26(2)47)36(32)24-37-42(50)35(28-12-6-4-7-13-28)25-38(48)45(37,40)30-15-8-5-9-16-30/h3-10,12-22,25,33,36-37,39-40,49H,1,11,23-24H2,2H3. The molecule has 4 aliphatic rings. The number of carbonyl (C=O) groups is 5. The van der Waals surface area contributed by atoms with Gasteiger partial charge in [0.1, 0.15) is 5.75 Å². The fourth-order valence-corrected chi connectivity index (χ4v) is 9.48. The summed E-state index contributed by atoms with van der Waals surface area (Å²) in [7, 11) is 0. The third-order valence-corrected chi connectivity index (χ3v) is 11.7. The number of carbonyl (C=O) groups excluding carboxylic acids is 5. The molecule has 1 saturated carbocycles. The highest BCUT2D eigenvalue weighted by Crippen LogP contribution is 2.64. The molecule has 3 aliphatic carbocycles. The molecule has 4 aromatic rings. The van der Waals surface area contributed by atoms with Crippen molar-refractivity contribution in [3.05, 3.63) is 161 Å². The number of allylic oxidation sites excluding steroid dienone is 5. The Morgan fingerprint density at radius 3 is 2.23 bits per heavy atom. The quantitative estimate of drug-likeness (QED) is 0.124. The van der Waals surface area contributed by atoms with Gasteiger partial charge in [-0.1, -0.05) is 96.6 Å². The normalized spacial score (nSPS) is 26.6. The number of fused-ring (bicyclic) bond motifs is 4. The van der Waals surface area contributed by atoms with Crippen molar-refractivity contribution in [2.45, 2.75) is 37.5 Å². The highest BCUT2D eigenvalue weighted by molar-refractivity contribution is 6.32. The van der Waals surface area contributed by atoms with Gasteiger partial charge in [0.05, 0.1) is 22.9 Å². The van der Waals surface area contributed by atoms with E-state index in [1.807, 2.05) is 84.9 Å². The fraction of sp³-hybridized carbons (Fsp3) is 0.222. The first-order chi connectivity index (χ1) is 25.2. The van der Waals surface area contributed by atoms with Crippen LogP contribution in [0.1, 0.15) is 58.3 Å². The number of hydrogen-bond donors (Lipinski definition) is 1. The molecular weight excluding hydrogens is 650 g/mol. The number of amides is 2. The van der Waals surface area contributed by atoms with E-state index in [0.717, 1.165) is 5.57 Å². The van der Waals surface area contributed by atoms with Gasteiger partial charge >= 0.3 is 0 Å². The Hall–Kier alpha value is -5.95. The van der Waals surface area contributed by atoms with E-state index in [2.05, 4.69) is 6.58 Å². The van der Waals surface area contributed by atoms with Crippen LogP contribution in [-0.4, -0.2) is 34.3 Å². The molecular formula is C45H37NO6. The van der Waals surface area contributed by atoms with Gasteiger partial charge in [0.25, 0.3) is 0 Å². The minimum atomic E-state index is -1.44. The second-order valence-electron chi connectivity index (χ2n) is 14.3. The van der Waals surface area contributed by atoms with Gasteiger partial charge < -0.3 is 5.11 Å². The third kappa shape index (κ3) is 4.83. The molecule has 8 rings (SSSR count). The number of imide groups is 1. The van der Waals surface area contributed by atoms with Gasteiger partial charge in [0.15, 0.2) is 17.3 Å². The maximum Gasteiger partial charge on any atom is 0.238 e. The topological polar surface area (TPSA) is 109 Å². The number of benzene rings is 4. The van der Waals surface area contributed by atoms with E-state index in [4.69, 9.17) is 0 Å². The number of Topliss-reactive ketones (excluding diaryl/α,β-unsaturated/α-hetero) is 2. The Morgan fingerprint density at radius 1 is 0.865 bits per heavy atom. The summed E-state index contributed by atoms with van der Waals surface area (Å²) in [4.78, 5) is 72.2. The predicted octanol–water partition coefficient (Wildman–Crippen LogP) is 7.35. The lowest BCUT2D eigenvalue weighted by Gasteiger charge is -2.55. The van der Waals surface area contributed by atoms with E-state index in [9.17, 15) is 19.5 Å². The average Bonchev–Trinajstić information content (AvgIpc) is 3.42. The Balaban J connectivity index is 1.35. The summed E-state index contributed by atoms with van der Waals surface area (Å²) >= 11 is 0. The minimum absolute atomic E-state index is 0.0178. The summed E-state index contributed by atoms with van der Waals surface area (Å²) in [5, 5.41) is 12.0. The van der Waals surface area contributed by atoms with Gasteiger partial charge in [-0.2, -0.15) is 0 Å². The fourth-order valence-electron chi connectivity index (χ4n) is 9.48. The molecule has 1 aliphatic heterocycles. The summed E-state index contributed by atoms with van der Waals surface area (Å²) in [6, 6.07) is 30.4. The zero-order valence-electron chi connectivity index (χ0n) is 28.7. The second-order valence-corrected chi connectivity index (χ2v) is 14.3. The molecule has 1 N–H and O–H groups in total. The van der Waals surface area contributed by atoms with Crippen molar-refractivity contribution in [3.8, 4) is 5.75 Å². The third-order valence-electron chi connectivity index (χ3n) is 11.7. The van der Waals surface area contributed by atoms with Crippen LogP contribution in [-0.2, 0) is 31.0 Å². The Kier molecular flexibility index (Phi) is 8.09. The number of rotatable bonds is 7. The molecule has 6 atom stereocenters. The highest BCUT2D eigenvalue weighted by Gasteiger charge is 2.66. The van der Waals surface area contributed by atoms with Gasteiger partial charge in [-0.3, -0.25) is 28.9 Å². The first-order valence-corrected chi connectivity index (χ1v) is 17.7. The van der Waals surface area contributed by atoms with Crippen molar-refractivity contribution in [1.82, 2.24) is 0 Å². The van der Waals surface area contributed by atoms with Gasteiger partial charge in [-0.05, 0) is 79.1 Å². The van der Waals surface area contributed by atoms with Crippen LogP contribution >= 0.6 is 0 Å². The van der Waals surface area contributed by atoms with Crippen molar-refractivity contribution < 1.29 is 29.1 Å². The van der Waals surface area contributed by atoms with Gasteiger partial charge in [0.2, 0.25) is 11.8 Å². The second kappa shape index (κ2) is 12.7. The lowest BCUT2D eigenvalue weighted by Crippen LogP contribution is -2.58. The van der Waals surface area contributed by atoms with Crippen LogP contribution in [0.4, 0.5) is 5.69 Å². The van der Waals surface area contributed by atoms with Crippen LogP contribution in [0.15, 0.2) is 134 Å². The van der Waals surface area contributed by atoms with Crippen molar-refractivity contribution in [1.29, 1.82) is 0 Å². The zero-order chi connectivity index (χ0) is 36.3. The van der Waals surface area contributed by atoms with E-state index in [0.29, 0.717) is 45.5 Å². The zero-order valence-corrected chi connectivity index (χ0v) is 28.7. The first-order valence-electron chi connectivity index (χ1n) is 17.7. The van der Waals surface area contributed by atoms with Crippen molar-refractivity contribution in [2.75, 3.05) is 4.90 Å². The van der Waals surface area contributed by atoms with Gasteiger partial charge in [-0.25, -0.2) is 0 Å². The Bertz CT molecular complexity index is 2230. The molecule has 7 heteroatoms. The molecule has 0 spiro atoms. The van der Waals surface area contributed by atoms with Crippen LogP contribution in [0.2, 0.25) is 0 Å². The summed E-state index contributed by atoms with van der Waals surface area (Å²) in [6.07, 6.45) is 5.97. The number of hydrogen-bond acceptors (Lipinski definition) is 6. The van der Waals surface area contributed by atoms with Crippen molar-refractivity contribution in [3.63, 3.8) is 0 Å². The van der Waals surface area contributed by atoms with Crippen LogP contribution < -0.4 is 4.90 Å². The largest absolute Gasteiger partial charge is 0.507 e. The van der Waals surface area contributed by atoms with Gasteiger partial charge in [0, 0.05) is 28.5 Å². The monoisotopic (exact) mass is 687 g/mol. The molecule has 1 heterocycles. The van der Waals surface area contributed by atoms with E-state index in [1.54, 1.807) is 30.3 Å². The molecule has 1 saturated heterocycles. The van der Waals surface area contributed by atoms with Crippen molar-refractivity contribution >= 4 is 40.4 Å². The molecule has 2 fully saturated rings. The Labute approximate surface area is 302 Å². The molecule has 52 heavy (non-hydrogen) atoms. The molecule has 0 radical (unpaired) electrons. The lowest BCUT2D eigenvalue weighted by molar-refractivity contribution is -0.135. The number of phenols is 1. The molecule has 258 valence electrons. The van der Waals surface area contributed by atoms with E-state index >= 15 is 9.59 Å². The highest BCUT2D eigenvalue weighted by atomic mass is 16.3. The molecule has 0 bridgehead atoms. The Morgan fingerprint density at radius 2 is 1.56 bits per heavy atom. The van der Waals surface area contributed by atoms with E-state index < -0.39 is 35.0 Å². The summed E-state index contributed by atoms with van der Waals surface area (Å²) in [5.41, 5.74) is 2.91. The minimum Gasteiger partial charge on any atom is -0.507 e. The lowest BCUT2D eigenvalue weighted by atomic mass is 9.44. The number of para-hydroxylation sites is 1. The number of anilines is 1. The maximum absolute atomic E-state index is 15.2. The number of nitrogens with zero attached hydrogens (tertiary/aromatic N) is 1. The van der Waals surface area contributed by atoms with E-state index in [-0.39, 0.29) is 47.8 Å². The first kappa shape index (κ1) is 33.2. The number of phenolic OH excluding ortho intramolecular Hbond substituents is 1. The SMILES string of the molecule is C=CCc1cccc(C2C3=CCC4C(=O)N(c5ccc(C(C)=O)cc5)C(=O)C4C3CC3C(=O)C(c4ccccc4)=CC(=O)C32c2ccccc2)c1O. The predicted molar refractivity (Wildman–Crippen MR) is 198 cm³/mol. The molecule has 2 amide bonds. The number of aromatic hydroxyl groups is 1. The van der Waals surface area contributed by atoms with Crippen LogP contribution in [0, 0.1) is 23.7 Å². The molecule has 6 unspecified atom stereocenters. The van der Waals surface area contributed by atoms with Crippen LogP contribution in [0.3, 0.4) is 0 Å². The molecule has 4 aromatic carbocycles. The summed E-state index contributed by atoms with van der Waals surface area (Å²) in [5.74, 6) is -5.03. The molecule has 7 nitrogen and oxygen atoms in total. The van der Waals surface area contributed by atoms with Gasteiger partial charge in [-0.15, -0.1) is 6.58 Å². The molecule has 0 aromatic heterocycles. The van der Waals surface area contributed by atoms with E-state index in [1.165, 1.54) is 17.9 Å². The summed E-state index contributed by atoms with van der Waals surface area (Å²) < 4.78 is 0. The van der Waals surface area contributed by atoms with Crippen LogP contribution in [0.25, 0.3) is 5.57 Å². The number of ketones is 3. The van der Waals surface area contributed by atoms with Crippen LogP contribution in [0.5, 0.6) is 5.75 Å². The summed E-state index contributed by atoms with van der Waals surface area (Å²) in [6.45, 7) is 5.32. The maximum atomic E-state index is 15.2. The average molecular weight is 688 g/mol.